The predicted octanol–water partition coefficient (Wildman–Crippen LogP) is 1.59. The molecule has 0 aromatic carbocycles. The average molecular weight is 402 g/mol. The predicted molar refractivity (Wildman–Crippen MR) is 102 cm³/mol. The average Bonchev–Trinajstić information content (AvgIpc) is 3.37. The molecule has 4 aromatic rings. The Morgan fingerprint density at radius 1 is 1.11 bits per heavy atom. The van der Waals surface area contributed by atoms with Crippen molar-refractivity contribution in [2.24, 2.45) is 0 Å². The van der Waals surface area contributed by atoms with Crippen molar-refractivity contribution < 1.29 is 19.0 Å². The Bertz CT molecular complexity index is 1130. The molecular weight excluding hydrogens is 384 g/mol. The van der Waals surface area contributed by atoms with Gasteiger partial charge >= 0.3 is 0 Å². The summed E-state index contributed by atoms with van der Waals surface area (Å²) in [5, 5.41) is 9.37. The van der Waals surface area contributed by atoms with Gasteiger partial charge in [0.05, 0.1) is 26.6 Å². The standard InChI is InChI=1S/C17H18N6O4S/c1-21(2)15(24)9-27-14-5-10(25-3)7-22-13(14)6-11(19-22)12-8-23-16(18-12)28-17(20-23)26-4/h5-8H,9H2,1-4H3. The van der Waals surface area contributed by atoms with E-state index < -0.39 is 0 Å². The SMILES string of the molecule is COc1cc(OCC(=O)N(C)C)c2cc(-c3cn4nc(OC)sc4n3)nn2c1. The first kappa shape index (κ1) is 18.0. The van der Waals surface area contributed by atoms with E-state index in [2.05, 4.69) is 15.2 Å². The maximum absolute atomic E-state index is 11.9. The molecule has 11 heteroatoms. The lowest BCUT2D eigenvalue weighted by atomic mass is 10.3. The molecule has 0 N–H and O–H groups in total. The van der Waals surface area contributed by atoms with Crippen molar-refractivity contribution >= 4 is 27.7 Å². The number of rotatable bonds is 6. The van der Waals surface area contributed by atoms with E-state index in [1.165, 1.54) is 16.2 Å². The van der Waals surface area contributed by atoms with Crippen molar-refractivity contribution in [3.63, 3.8) is 0 Å². The maximum Gasteiger partial charge on any atom is 0.294 e. The van der Waals surface area contributed by atoms with Crippen LogP contribution in [0.3, 0.4) is 0 Å². The Morgan fingerprint density at radius 3 is 2.61 bits per heavy atom. The fourth-order valence-corrected chi connectivity index (χ4v) is 3.25. The van der Waals surface area contributed by atoms with Crippen molar-refractivity contribution in [2.45, 2.75) is 0 Å². The van der Waals surface area contributed by atoms with Gasteiger partial charge in [-0.15, -0.1) is 5.10 Å². The summed E-state index contributed by atoms with van der Waals surface area (Å²) in [6, 6.07) is 3.57. The van der Waals surface area contributed by atoms with E-state index in [4.69, 9.17) is 14.2 Å². The van der Waals surface area contributed by atoms with Crippen LogP contribution in [0.1, 0.15) is 0 Å². The van der Waals surface area contributed by atoms with Gasteiger partial charge in [-0.25, -0.2) is 14.0 Å². The Hall–Kier alpha value is -3.34. The van der Waals surface area contributed by atoms with Crippen LogP contribution in [0.5, 0.6) is 16.7 Å². The van der Waals surface area contributed by atoms with Crippen LogP contribution in [0.2, 0.25) is 0 Å². The number of hydrogen-bond acceptors (Lipinski definition) is 8. The van der Waals surface area contributed by atoms with Crippen LogP contribution in [0.4, 0.5) is 0 Å². The smallest absolute Gasteiger partial charge is 0.294 e. The fourth-order valence-electron chi connectivity index (χ4n) is 2.55. The highest BCUT2D eigenvalue weighted by Crippen LogP contribution is 2.30. The van der Waals surface area contributed by atoms with Crippen molar-refractivity contribution in [1.82, 2.24) is 29.1 Å². The van der Waals surface area contributed by atoms with E-state index in [0.29, 0.717) is 38.6 Å². The third-order valence-corrected chi connectivity index (χ3v) is 4.94. The van der Waals surface area contributed by atoms with Gasteiger partial charge in [-0.3, -0.25) is 4.79 Å². The van der Waals surface area contributed by atoms with E-state index in [9.17, 15) is 4.79 Å². The molecule has 0 fully saturated rings. The summed E-state index contributed by atoms with van der Waals surface area (Å²) < 4.78 is 19.5. The molecule has 0 saturated carbocycles. The summed E-state index contributed by atoms with van der Waals surface area (Å²) in [7, 11) is 6.48. The first-order chi connectivity index (χ1) is 13.5. The molecule has 4 aromatic heterocycles. The third-order valence-electron chi connectivity index (χ3n) is 4.06. The number of aromatic nitrogens is 5. The first-order valence-electron chi connectivity index (χ1n) is 8.29. The number of amides is 1. The molecule has 146 valence electrons. The second kappa shape index (κ2) is 7.00. The molecule has 0 aliphatic carbocycles. The topological polar surface area (TPSA) is 95.5 Å². The van der Waals surface area contributed by atoms with Crippen LogP contribution in [-0.4, -0.2) is 69.9 Å². The zero-order valence-electron chi connectivity index (χ0n) is 15.7. The van der Waals surface area contributed by atoms with Crippen LogP contribution in [0.15, 0.2) is 24.5 Å². The second-order valence-electron chi connectivity index (χ2n) is 6.11. The molecule has 0 radical (unpaired) electrons. The number of methoxy groups -OCH3 is 2. The Labute approximate surface area is 163 Å². The highest BCUT2D eigenvalue weighted by molar-refractivity contribution is 7.18. The van der Waals surface area contributed by atoms with Gasteiger partial charge in [0.15, 0.2) is 6.61 Å². The summed E-state index contributed by atoms with van der Waals surface area (Å²) in [5.41, 5.74) is 2.01. The number of carbonyl (C=O) groups is 1. The molecule has 0 unspecified atom stereocenters. The zero-order chi connectivity index (χ0) is 19.8. The van der Waals surface area contributed by atoms with Crippen molar-refractivity contribution in [3.05, 3.63) is 24.5 Å². The summed E-state index contributed by atoms with van der Waals surface area (Å²) >= 11 is 1.34. The monoisotopic (exact) mass is 402 g/mol. The van der Waals surface area contributed by atoms with Crippen LogP contribution >= 0.6 is 11.3 Å². The number of carbonyl (C=O) groups excluding carboxylic acids is 1. The summed E-state index contributed by atoms with van der Waals surface area (Å²) in [6.07, 6.45) is 3.52. The Morgan fingerprint density at radius 2 is 1.93 bits per heavy atom. The molecule has 10 nitrogen and oxygen atoms in total. The summed E-state index contributed by atoms with van der Waals surface area (Å²) in [4.78, 5) is 18.6. The summed E-state index contributed by atoms with van der Waals surface area (Å²) in [6.45, 7) is -0.0831. The molecule has 0 bridgehead atoms. The van der Waals surface area contributed by atoms with Crippen molar-refractivity contribution in [1.29, 1.82) is 0 Å². The summed E-state index contributed by atoms with van der Waals surface area (Å²) in [5.74, 6) is 0.913. The third kappa shape index (κ3) is 3.20. The lowest BCUT2D eigenvalue weighted by Crippen LogP contribution is -2.27. The van der Waals surface area contributed by atoms with Gasteiger partial charge < -0.3 is 19.1 Å². The minimum atomic E-state index is -0.143. The maximum atomic E-state index is 11.9. The molecule has 4 heterocycles. The van der Waals surface area contributed by atoms with Gasteiger partial charge in [-0.05, 0) is 17.4 Å². The normalized spacial score (nSPS) is 11.1. The molecule has 0 saturated heterocycles. The van der Waals surface area contributed by atoms with Crippen LogP contribution in [0.25, 0.3) is 21.9 Å². The minimum Gasteiger partial charge on any atom is -0.495 e. The molecule has 0 spiro atoms. The van der Waals surface area contributed by atoms with Gasteiger partial charge in [0.2, 0.25) is 4.96 Å². The number of likely N-dealkylation sites (N-methyl/N-ethyl adjacent to an activating group) is 1. The lowest BCUT2D eigenvalue weighted by molar-refractivity contribution is -0.130. The molecule has 1 amide bonds. The van der Waals surface area contributed by atoms with E-state index in [1.54, 1.807) is 55.8 Å². The number of nitrogens with zero attached hydrogens (tertiary/aromatic N) is 6. The van der Waals surface area contributed by atoms with Crippen LogP contribution in [-0.2, 0) is 4.79 Å². The first-order valence-corrected chi connectivity index (χ1v) is 9.11. The Kier molecular flexibility index (Phi) is 4.51. The van der Waals surface area contributed by atoms with Gasteiger partial charge in [0.1, 0.15) is 28.4 Å². The van der Waals surface area contributed by atoms with Gasteiger partial charge in [0.25, 0.3) is 11.1 Å². The van der Waals surface area contributed by atoms with E-state index in [1.807, 2.05) is 6.07 Å². The molecule has 0 atom stereocenters. The number of hydrogen-bond donors (Lipinski definition) is 0. The minimum absolute atomic E-state index is 0.0831. The van der Waals surface area contributed by atoms with Gasteiger partial charge in [-0.2, -0.15) is 5.10 Å². The van der Waals surface area contributed by atoms with Crippen LogP contribution in [0, 0.1) is 0 Å². The number of pyridine rings is 1. The van der Waals surface area contributed by atoms with Crippen molar-refractivity contribution in [2.75, 3.05) is 34.9 Å². The quantitative estimate of drug-likeness (QED) is 0.483. The highest BCUT2D eigenvalue weighted by atomic mass is 32.1. The van der Waals surface area contributed by atoms with Gasteiger partial charge in [-0.1, -0.05) is 0 Å². The zero-order valence-corrected chi connectivity index (χ0v) is 16.6. The molecule has 4 rings (SSSR count). The second-order valence-corrected chi connectivity index (χ2v) is 7.02. The number of imidazole rings is 1. The van der Waals surface area contributed by atoms with Gasteiger partial charge in [0, 0.05) is 20.2 Å². The molecular formula is C17H18N6O4S. The number of fused-ring (bicyclic) bond motifs is 2. The van der Waals surface area contributed by atoms with E-state index in [-0.39, 0.29) is 12.5 Å². The Balaban J connectivity index is 1.72. The molecule has 0 aliphatic heterocycles. The van der Waals surface area contributed by atoms with Crippen LogP contribution < -0.4 is 14.2 Å². The van der Waals surface area contributed by atoms with E-state index in [0.717, 1.165) is 0 Å². The fraction of sp³-hybridized carbons (Fsp3) is 0.294. The lowest BCUT2D eigenvalue weighted by Gasteiger charge is -2.12. The highest BCUT2D eigenvalue weighted by Gasteiger charge is 2.16. The molecule has 0 aliphatic rings. The van der Waals surface area contributed by atoms with E-state index >= 15 is 0 Å². The largest absolute Gasteiger partial charge is 0.495 e. The van der Waals surface area contributed by atoms with Crippen molar-refractivity contribution in [3.8, 4) is 28.1 Å². The number of ether oxygens (including phenoxy) is 3. The molecule has 28 heavy (non-hydrogen) atoms.